The molecule has 1 aromatic heterocycles. The van der Waals surface area contributed by atoms with E-state index in [1.165, 1.54) is 0 Å². The van der Waals surface area contributed by atoms with Gasteiger partial charge in [-0.2, -0.15) is 0 Å². The molecule has 0 atom stereocenters. The van der Waals surface area contributed by atoms with Gasteiger partial charge in [0.05, 0.1) is 6.54 Å². The van der Waals surface area contributed by atoms with E-state index in [-0.39, 0.29) is 10.7 Å². The number of nitrogens with two attached hydrogens (primary N) is 1. The quantitative estimate of drug-likeness (QED) is 0.608. The van der Waals surface area contributed by atoms with Crippen molar-refractivity contribution in [3.8, 4) is 0 Å². The van der Waals surface area contributed by atoms with Crippen LogP contribution in [-0.2, 0) is 0 Å². The molecule has 0 saturated carbocycles. The van der Waals surface area contributed by atoms with Crippen LogP contribution >= 0.6 is 11.3 Å². The Hall–Kier alpha value is -1.48. The van der Waals surface area contributed by atoms with E-state index in [4.69, 9.17) is 10.8 Å². The van der Waals surface area contributed by atoms with Crippen LogP contribution in [0.15, 0.2) is 0 Å². The van der Waals surface area contributed by atoms with Gasteiger partial charge in [0.2, 0.25) is 0 Å². The molecule has 9 heteroatoms. The highest BCUT2D eigenvalue weighted by Gasteiger charge is 2.29. The SMILES string of the molecule is CCNc1nc(N)c(C(=O)NCC(F)(F)CO)s1. The molecule has 102 valence electrons. The maximum absolute atomic E-state index is 12.7. The maximum Gasteiger partial charge on any atom is 0.287 e. The minimum Gasteiger partial charge on any atom is -0.390 e. The van der Waals surface area contributed by atoms with E-state index >= 15 is 0 Å². The Labute approximate surface area is 106 Å². The van der Waals surface area contributed by atoms with Crippen LogP contribution in [0.3, 0.4) is 0 Å². The molecule has 1 amide bonds. The molecule has 0 aromatic carbocycles. The maximum atomic E-state index is 12.7. The number of alkyl halides is 2. The van der Waals surface area contributed by atoms with Gasteiger partial charge in [0, 0.05) is 6.54 Å². The van der Waals surface area contributed by atoms with Crippen LogP contribution in [0.4, 0.5) is 19.7 Å². The molecule has 1 aromatic rings. The Morgan fingerprint density at radius 2 is 2.28 bits per heavy atom. The number of carbonyl (C=O) groups is 1. The second-order valence-electron chi connectivity index (χ2n) is 3.46. The van der Waals surface area contributed by atoms with Crippen molar-refractivity contribution >= 4 is 28.2 Å². The number of aromatic nitrogens is 1. The van der Waals surface area contributed by atoms with Gasteiger partial charge < -0.3 is 21.5 Å². The monoisotopic (exact) mass is 280 g/mol. The largest absolute Gasteiger partial charge is 0.390 e. The first-order valence-corrected chi connectivity index (χ1v) is 5.98. The predicted octanol–water partition coefficient (Wildman–Crippen LogP) is 0.514. The molecule has 0 bridgehead atoms. The zero-order valence-electron chi connectivity index (χ0n) is 9.67. The third-order valence-corrected chi connectivity index (χ3v) is 2.95. The number of carbonyl (C=O) groups excluding carboxylic acids is 1. The van der Waals surface area contributed by atoms with Gasteiger partial charge in [-0.3, -0.25) is 4.79 Å². The Morgan fingerprint density at radius 3 is 2.83 bits per heavy atom. The third-order valence-electron chi connectivity index (χ3n) is 1.93. The molecule has 0 aliphatic heterocycles. The van der Waals surface area contributed by atoms with E-state index in [9.17, 15) is 13.6 Å². The lowest BCUT2D eigenvalue weighted by Crippen LogP contribution is -2.38. The van der Waals surface area contributed by atoms with Crippen LogP contribution < -0.4 is 16.4 Å². The van der Waals surface area contributed by atoms with E-state index in [1.54, 1.807) is 0 Å². The number of anilines is 2. The fourth-order valence-corrected chi connectivity index (χ4v) is 1.94. The Morgan fingerprint density at radius 1 is 1.61 bits per heavy atom. The number of hydrogen-bond acceptors (Lipinski definition) is 6. The number of nitrogens with one attached hydrogen (secondary N) is 2. The number of nitrogens with zero attached hydrogens (tertiary/aromatic N) is 1. The normalized spacial score (nSPS) is 11.3. The van der Waals surface area contributed by atoms with Gasteiger partial charge in [-0.05, 0) is 6.92 Å². The lowest BCUT2D eigenvalue weighted by Gasteiger charge is -2.13. The molecule has 0 radical (unpaired) electrons. The molecular formula is C9H14F2N4O2S. The lowest BCUT2D eigenvalue weighted by molar-refractivity contribution is -0.0461. The summed E-state index contributed by atoms with van der Waals surface area (Å²) in [7, 11) is 0. The molecule has 0 saturated heterocycles. The van der Waals surface area contributed by atoms with E-state index in [0.29, 0.717) is 11.7 Å². The van der Waals surface area contributed by atoms with Crippen molar-refractivity contribution in [2.75, 3.05) is 30.7 Å². The van der Waals surface area contributed by atoms with E-state index in [1.807, 2.05) is 12.2 Å². The molecule has 6 nitrogen and oxygen atoms in total. The average Bonchev–Trinajstić information content (AvgIpc) is 2.68. The Kier molecular flexibility index (Phi) is 4.79. The van der Waals surface area contributed by atoms with Gasteiger partial charge in [0.15, 0.2) is 5.13 Å². The van der Waals surface area contributed by atoms with Gasteiger partial charge in [-0.25, -0.2) is 13.8 Å². The number of hydrogen-bond donors (Lipinski definition) is 4. The number of rotatable bonds is 6. The summed E-state index contributed by atoms with van der Waals surface area (Å²) in [5, 5.41) is 13.7. The summed E-state index contributed by atoms with van der Waals surface area (Å²) in [5.74, 6) is -4.09. The van der Waals surface area contributed by atoms with Crippen LogP contribution in [0.1, 0.15) is 16.6 Å². The van der Waals surface area contributed by atoms with Crippen LogP contribution in [0.2, 0.25) is 0 Å². The van der Waals surface area contributed by atoms with Crippen molar-refractivity contribution in [2.24, 2.45) is 0 Å². The summed E-state index contributed by atoms with van der Waals surface area (Å²) in [4.78, 5) is 15.5. The molecule has 0 aliphatic carbocycles. The Bertz CT molecular complexity index is 425. The molecule has 1 rings (SSSR count). The fourth-order valence-electron chi connectivity index (χ4n) is 1.07. The molecular weight excluding hydrogens is 266 g/mol. The van der Waals surface area contributed by atoms with E-state index in [0.717, 1.165) is 11.3 Å². The van der Waals surface area contributed by atoms with Crippen LogP contribution in [0.5, 0.6) is 0 Å². The summed E-state index contributed by atoms with van der Waals surface area (Å²) < 4.78 is 25.5. The number of amides is 1. The highest BCUT2D eigenvalue weighted by Crippen LogP contribution is 2.24. The third kappa shape index (κ3) is 3.77. The van der Waals surface area contributed by atoms with Crippen molar-refractivity contribution in [2.45, 2.75) is 12.8 Å². The summed E-state index contributed by atoms with van der Waals surface area (Å²) in [6.45, 7) is 0.181. The average molecular weight is 280 g/mol. The number of nitrogen functional groups attached to an aromatic ring is 1. The lowest BCUT2D eigenvalue weighted by atomic mass is 10.3. The first kappa shape index (κ1) is 14.6. The highest BCUT2D eigenvalue weighted by molar-refractivity contribution is 7.18. The Balaban J connectivity index is 2.67. The molecule has 0 fully saturated rings. The smallest absolute Gasteiger partial charge is 0.287 e. The summed E-state index contributed by atoms with van der Waals surface area (Å²) in [6, 6.07) is 0. The van der Waals surface area contributed by atoms with Crippen molar-refractivity contribution in [3.63, 3.8) is 0 Å². The number of aliphatic hydroxyl groups excluding tert-OH is 1. The van der Waals surface area contributed by atoms with Gasteiger partial charge in [0.25, 0.3) is 11.8 Å². The van der Waals surface area contributed by atoms with Gasteiger partial charge in [0.1, 0.15) is 17.3 Å². The molecule has 1 heterocycles. The summed E-state index contributed by atoms with van der Waals surface area (Å²) in [5.41, 5.74) is 5.51. The zero-order valence-corrected chi connectivity index (χ0v) is 10.5. The molecule has 5 N–H and O–H groups in total. The molecule has 18 heavy (non-hydrogen) atoms. The van der Waals surface area contributed by atoms with Crippen LogP contribution in [-0.4, -0.2) is 41.6 Å². The van der Waals surface area contributed by atoms with Crippen molar-refractivity contribution in [1.29, 1.82) is 0 Å². The first-order chi connectivity index (χ1) is 8.39. The zero-order chi connectivity index (χ0) is 13.8. The topological polar surface area (TPSA) is 100 Å². The number of thiazole rings is 1. The predicted molar refractivity (Wildman–Crippen MR) is 65.1 cm³/mol. The number of aliphatic hydroxyl groups is 1. The minimum absolute atomic E-state index is 0.0132. The summed E-state index contributed by atoms with van der Waals surface area (Å²) in [6.07, 6.45) is 0. The van der Waals surface area contributed by atoms with Gasteiger partial charge >= 0.3 is 0 Å². The summed E-state index contributed by atoms with van der Waals surface area (Å²) >= 11 is 0.984. The minimum atomic E-state index is -3.35. The second-order valence-corrected chi connectivity index (χ2v) is 4.46. The van der Waals surface area contributed by atoms with Crippen LogP contribution in [0, 0.1) is 0 Å². The standard InChI is InChI=1S/C9H14F2N4O2S/c1-2-13-8-15-6(12)5(18-8)7(17)14-3-9(10,11)4-16/h16H,2-4,12H2,1H3,(H,13,15)(H,14,17). The van der Waals surface area contributed by atoms with Gasteiger partial charge in [-0.15, -0.1) is 0 Å². The van der Waals surface area contributed by atoms with Gasteiger partial charge in [-0.1, -0.05) is 11.3 Å². The fraction of sp³-hybridized carbons (Fsp3) is 0.556. The second kappa shape index (κ2) is 5.91. The first-order valence-electron chi connectivity index (χ1n) is 5.16. The van der Waals surface area contributed by atoms with Crippen molar-refractivity contribution in [3.05, 3.63) is 4.88 Å². The van der Waals surface area contributed by atoms with E-state index < -0.39 is 25.0 Å². The number of halogens is 2. The highest BCUT2D eigenvalue weighted by atomic mass is 32.1. The van der Waals surface area contributed by atoms with E-state index in [2.05, 4.69) is 10.3 Å². The molecule has 0 aliphatic rings. The molecule has 0 spiro atoms. The van der Waals surface area contributed by atoms with Crippen LogP contribution in [0.25, 0.3) is 0 Å². The van der Waals surface area contributed by atoms with Crippen molar-refractivity contribution in [1.82, 2.24) is 10.3 Å². The van der Waals surface area contributed by atoms with Crippen molar-refractivity contribution < 1.29 is 18.7 Å². The molecule has 0 unspecified atom stereocenters.